The maximum absolute atomic E-state index is 12.7. The lowest BCUT2D eigenvalue weighted by atomic mass is 10.0. The van der Waals surface area contributed by atoms with E-state index < -0.39 is 0 Å². The fourth-order valence-corrected chi connectivity index (χ4v) is 3.50. The second-order valence-electron chi connectivity index (χ2n) is 5.83. The van der Waals surface area contributed by atoms with Gasteiger partial charge in [0, 0.05) is 48.3 Å². The Kier molecular flexibility index (Phi) is 6.47. The number of carbonyl (C=O) groups excluding carboxylic acids is 2. The summed E-state index contributed by atoms with van der Waals surface area (Å²) in [5.41, 5.74) is 2.23. The van der Waals surface area contributed by atoms with Crippen molar-refractivity contribution in [3.8, 4) is 0 Å². The van der Waals surface area contributed by atoms with E-state index in [4.69, 9.17) is 0 Å². The predicted molar refractivity (Wildman–Crippen MR) is 96.1 cm³/mol. The summed E-state index contributed by atoms with van der Waals surface area (Å²) < 4.78 is 0. The molecule has 0 aliphatic carbocycles. The molecule has 1 aliphatic heterocycles. The van der Waals surface area contributed by atoms with Gasteiger partial charge in [0.1, 0.15) is 0 Å². The summed E-state index contributed by atoms with van der Waals surface area (Å²) in [7, 11) is 1.82. The summed E-state index contributed by atoms with van der Waals surface area (Å²) in [6.45, 7) is 5.97. The van der Waals surface area contributed by atoms with Crippen molar-refractivity contribution < 1.29 is 9.59 Å². The highest BCUT2D eigenvalue weighted by Gasteiger charge is 2.21. The number of carbonyl (C=O) groups is 2. The van der Waals surface area contributed by atoms with Crippen LogP contribution in [0.1, 0.15) is 22.8 Å². The molecule has 1 heterocycles. The van der Waals surface area contributed by atoms with E-state index in [-0.39, 0.29) is 17.7 Å². The monoisotopic (exact) mass is 335 g/mol. The van der Waals surface area contributed by atoms with Crippen LogP contribution in [-0.2, 0) is 4.79 Å². The van der Waals surface area contributed by atoms with Crippen LogP contribution in [0.25, 0.3) is 0 Å². The van der Waals surface area contributed by atoms with Crippen molar-refractivity contribution in [2.45, 2.75) is 13.8 Å². The number of amides is 2. The number of nitrogens with one attached hydrogen (secondary N) is 2. The summed E-state index contributed by atoms with van der Waals surface area (Å²) in [4.78, 5) is 26.8. The Labute approximate surface area is 142 Å². The molecule has 1 saturated heterocycles. The molecule has 1 aliphatic rings. The van der Waals surface area contributed by atoms with Gasteiger partial charge in [-0.3, -0.25) is 9.59 Å². The Morgan fingerprint density at radius 1 is 1.30 bits per heavy atom. The molecule has 1 unspecified atom stereocenters. The molecule has 2 rings (SSSR count). The first-order valence-corrected chi connectivity index (χ1v) is 9.12. The van der Waals surface area contributed by atoms with Gasteiger partial charge in [0.05, 0.1) is 0 Å². The highest BCUT2D eigenvalue weighted by atomic mass is 32.2. The van der Waals surface area contributed by atoms with Gasteiger partial charge in [0.25, 0.3) is 5.91 Å². The SMILES string of the molecule is CNCC(C)C(=O)Nc1cccc(C(=O)N2CCSCC2)c1C. The van der Waals surface area contributed by atoms with E-state index in [1.807, 2.05) is 55.8 Å². The first kappa shape index (κ1) is 17.8. The normalized spacial score (nSPS) is 16.0. The van der Waals surface area contributed by atoms with E-state index in [0.717, 1.165) is 35.8 Å². The molecular weight excluding hydrogens is 310 g/mol. The molecule has 0 bridgehead atoms. The Morgan fingerprint density at radius 3 is 2.65 bits per heavy atom. The van der Waals surface area contributed by atoms with E-state index in [0.29, 0.717) is 12.1 Å². The van der Waals surface area contributed by atoms with Crippen molar-refractivity contribution >= 4 is 29.3 Å². The number of nitrogens with zero attached hydrogens (tertiary/aromatic N) is 1. The first-order chi connectivity index (χ1) is 11.0. The van der Waals surface area contributed by atoms with Crippen molar-refractivity contribution in [1.29, 1.82) is 0 Å². The zero-order valence-electron chi connectivity index (χ0n) is 14.0. The molecule has 126 valence electrons. The lowest BCUT2D eigenvalue weighted by molar-refractivity contribution is -0.119. The zero-order valence-corrected chi connectivity index (χ0v) is 14.8. The predicted octanol–water partition coefficient (Wildman–Crippen LogP) is 1.98. The van der Waals surface area contributed by atoms with Gasteiger partial charge in [-0.15, -0.1) is 0 Å². The van der Waals surface area contributed by atoms with E-state index in [2.05, 4.69) is 10.6 Å². The third-order valence-electron chi connectivity index (χ3n) is 4.08. The van der Waals surface area contributed by atoms with Crippen LogP contribution >= 0.6 is 11.8 Å². The van der Waals surface area contributed by atoms with Crippen LogP contribution in [0.3, 0.4) is 0 Å². The van der Waals surface area contributed by atoms with Crippen LogP contribution in [0.4, 0.5) is 5.69 Å². The van der Waals surface area contributed by atoms with Gasteiger partial charge < -0.3 is 15.5 Å². The minimum absolute atomic E-state index is 0.0404. The average Bonchev–Trinajstić information content (AvgIpc) is 2.57. The maximum atomic E-state index is 12.7. The van der Waals surface area contributed by atoms with Crippen LogP contribution in [0.5, 0.6) is 0 Å². The molecular formula is C17H25N3O2S. The molecule has 2 N–H and O–H groups in total. The van der Waals surface area contributed by atoms with Crippen molar-refractivity contribution in [1.82, 2.24) is 10.2 Å². The molecule has 1 aromatic rings. The van der Waals surface area contributed by atoms with Crippen LogP contribution in [0.2, 0.25) is 0 Å². The largest absolute Gasteiger partial charge is 0.337 e. The van der Waals surface area contributed by atoms with Crippen LogP contribution in [-0.4, -0.2) is 54.9 Å². The summed E-state index contributed by atoms with van der Waals surface area (Å²) in [5, 5.41) is 5.94. The number of benzene rings is 1. The molecule has 1 atom stereocenters. The van der Waals surface area contributed by atoms with Crippen LogP contribution in [0.15, 0.2) is 18.2 Å². The second-order valence-corrected chi connectivity index (χ2v) is 7.06. The topological polar surface area (TPSA) is 61.4 Å². The van der Waals surface area contributed by atoms with E-state index in [1.54, 1.807) is 0 Å². The minimum atomic E-state index is -0.127. The molecule has 2 amide bonds. The second kappa shape index (κ2) is 8.36. The van der Waals surface area contributed by atoms with Crippen LogP contribution in [0, 0.1) is 12.8 Å². The highest BCUT2D eigenvalue weighted by molar-refractivity contribution is 7.99. The maximum Gasteiger partial charge on any atom is 0.254 e. The van der Waals surface area contributed by atoms with Gasteiger partial charge in [0.15, 0.2) is 0 Å². The molecule has 0 aromatic heterocycles. The molecule has 23 heavy (non-hydrogen) atoms. The summed E-state index contributed by atoms with van der Waals surface area (Å²) in [5.74, 6) is 1.87. The first-order valence-electron chi connectivity index (χ1n) is 7.96. The van der Waals surface area contributed by atoms with Crippen LogP contribution < -0.4 is 10.6 Å². The fraction of sp³-hybridized carbons (Fsp3) is 0.529. The fourth-order valence-electron chi connectivity index (χ4n) is 2.59. The Bertz CT molecular complexity index is 571. The standard InChI is InChI=1S/C17H25N3O2S/c1-12(11-18-3)16(21)19-15-6-4-5-14(13(15)2)17(22)20-7-9-23-10-8-20/h4-6,12,18H,7-11H2,1-3H3,(H,19,21). The zero-order chi connectivity index (χ0) is 16.8. The number of hydrogen-bond donors (Lipinski definition) is 2. The average molecular weight is 335 g/mol. The van der Waals surface area contributed by atoms with Gasteiger partial charge >= 0.3 is 0 Å². The van der Waals surface area contributed by atoms with E-state index in [1.165, 1.54) is 0 Å². The van der Waals surface area contributed by atoms with Crippen molar-refractivity contribution in [2.75, 3.05) is 43.5 Å². The van der Waals surface area contributed by atoms with E-state index >= 15 is 0 Å². The molecule has 0 spiro atoms. The van der Waals surface area contributed by atoms with Crippen molar-refractivity contribution in [3.63, 3.8) is 0 Å². The Morgan fingerprint density at radius 2 is 2.00 bits per heavy atom. The summed E-state index contributed by atoms with van der Waals surface area (Å²) in [6.07, 6.45) is 0. The van der Waals surface area contributed by atoms with Gasteiger partial charge in [-0.05, 0) is 31.7 Å². The highest BCUT2D eigenvalue weighted by Crippen LogP contribution is 2.22. The molecule has 0 radical (unpaired) electrons. The Balaban J connectivity index is 2.14. The summed E-state index contributed by atoms with van der Waals surface area (Å²) >= 11 is 1.88. The molecule has 6 heteroatoms. The lowest BCUT2D eigenvalue weighted by Gasteiger charge is -2.27. The van der Waals surface area contributed by atoms with Crippen molar-refractivity contribution in [2.24, 2.45) is 5.92 Å². The molecule has 1 fully saturated rings. The summed E-state index contributed by atoms with van der Waals surface area (Å²) in [6, 6.07) is 5.52. The third-order valence-corrected chi connectivity index (χ3v) is 5.02. The minimum Gasteiger partial charge on any atom is -0.337 e. The molecule has 0 saturated carbocycles. The quantitative estimate of drug-likeness (QED) is 0.864. The number of rotatable bonds is 5. The third kappa shape index (κ3) is 4.48. The number of thioether (sulfide) groups is 1. The number of hydrogen-bond acceptors (Lipinski definition) is 4. The van der Waals surface area contributed by atoms with Gasteiger partial charge in [-0.25, -0.2) is 0 Å². The lowest BCUT2D eigenvalue weighted by Crippen LogP contribution is -2.38. The number of anilines is 1. The molecule has 5 nitrogen and oxygen atoms in total. The van der Waals surface area contributed by atoms with Gasteiger partial charge in [-0.1, -0.05) is 13.0 Å². The van der Waals surface area contributed by atoms with Gasteiger partial charge in [-0.2, -0.15) is 11.8 Å². The smallest absolute Gasteiger partial charge is 0.254 e. The van der Waals surface area contributed by atoms with Crippen molar-refractivity contribution in [3.05, 3.63) is 29.3 Å². The molecule has 1 aromatic carbocycles. The van der Waals surface area contributed by atoms with E-state index in [9.17, 15) is 9.59 Å². The Hall–Kier alpha value is -1.53. The van der Waals surface area contributed by atoms with Gasteiger partial charge in [0.2, 0.25) is 5.91 Å².